The van der Waals surface area contributed by atoms with E-state index in [0.717, 1.165) is 5.56 Å². The highest BCUT2D eigenvalue weighted by Gasteiger charge is 2.29. The average Bonchev–Trinajstić information content (AvgIpc) is 2.69. The fraction of sp³-hybridized carbons (Fsp3) is 0.429. The summed E-state index contributed by atoms with van der Waals surface area (Å²) in [5, 5.41) is 2.83. The van der Waals surface area contributed by atoms with E-state index in [4.69, 9.17) is 5.73 Å². The van der Waals surface area contributed by atoms with Crippen molar-refractivity contribution in [2.45, 2.75) is 24.9 Å². The van der Waals surface area contributed by atoms with Gasteiger partial charge in [0.2, 0.25) is 11.8 Å². The van der Waals surface area contributed by atoms with Crippen molar-refractivity contribution in [2.24, 2.45) is 5.73 Å². The number of nitrogens with zero attached hydrogens (tertiary/aromatic N) is 1. The van der Waals surface area contributed by atoms with E-state index in [2.05, 4.69) is 5.32 Å². The number of likely N-dealkylation sites (N-methyl/N-ethyl adjacent to an activating group) is 1. The lowest BCUT2D eigenvalue weighted by atomic mass is 10.1. The maximum atomic E-state index is 12.0. The molecule has 2 amide bonds. The van der Waals surface area contributed by atoms with Gasteiger partial charge in [-0.25, -0.2) is 0 Å². The number of rotatable bonds is 4. The van der Waals surface area contributed by atoms with Gasteiger partial charge in [-0.15, -0.1) is 12.4 Å². The highest BCUT2D eigenvalue weighted by molar-refractivity contribution is 5.85. The Labute approximate surface area is 124 Å². The van der Waals surface area contributed by atoms with Gasteiger partial charge >= 0.3 is 0 Å². The molecule has 1 aromatic carbocycles. The zero-order valence-electron chi connectivity index (χ0n) is 11.4. The zero-order chi connectivity index (χ0) is 13.8. The Morgan fingerprint density at radius 1 is 1.45 bits per heavy atom. The van der Waals surface area contributed by atoms with Crippen LogP contribution < -0.4 is 11.1 Å². The molecule has 3 N–H and O–H groups in total. The molecule has 1 fully saturated rings. The zero-order valence-corrected chi connectivity index (χ0v) is 12.2. The number of hydrogen-bond acceptors (Lipinski definition) is 3. The van der Waals surface area contributed by atoms with Crippen LogP contribution in [0.15, 0.2) is 30.3 Å². The first-order chi connectivity index (χ1) is 9.06. The first kappa shape index (κ1) is 16.5. The lowest BCUT2D eigenvalue weighted by molar-refractivity contribution is -0.126. The molecule has 6 heteroatoms. The Morgan fingerprint density at radius 2 is 2.10 bits per heavy atom. The first-order valence-corrected chi connectivity index (χ1v) is 6.40. The fourth-order valence-electron chi connectivity index (χ4n) is 2.23. The van der Waals surface area contributed by atoms with E-state index in [1.54, 1.807) is 11.9 Å². The molecule has 5 nitrogen and oxygen atoms in total. The van der Waals surface area contributed by atoms with Crippen LogP contribution in [0.4, 0.5) is 0 Å². The minimum Gasteiger partial charge on any atom is -0.350 e. The molecule has 1 heterocycles. The summed E-state index contributed by atoms with van der Waals surface area (Å²) in [7, 11) is 1.73. The lowest BCUT2D eigenvalue weighted by Gasteiger charge is -2.16. The number of nitrogens with two attached hydrogens (primary N) is 1. The molecular weight excluding hydrogens is 278 g/mol. The predicted octanol–water partition coefficient (Wildman–Crippen LogP) is 0.325. The number of halogens is 1. The summed E-state index contributed by atoms with van der Waals surface area (Å²) in [5.41, 5.74) is 6.92. The largest absolute Gasteiger partial charge is 0.350 e. The van der Waals surface area contributed by atoms with Crippen LogP contribution in [-0.2, 0) is 16.0 Å². The fourth-order valence-corrected chi connectivity index (χ4v) is 2.23. The van der Waals surface area contributed by atoms with Crippen molar-refractivity contribution in [2.75, 3.05) is 13.6 Å². The van der Waals surface area contributed by atoms with Crippen molar-refractivity contribution in [3.63, 3.8) is 0 Å². The highest BCUT2D eigenvalue weighted by atomic mass is 35.5. The molecule has 1 unspecified atom stereocenters. The van der Waals surface area contributed by atoms with Gasteiger partial charge in [0.05, 0.1) is 12.1 Å². The van der Waals surface area contributed by atoms with Gasteiger partial charge in [-0.05, 0) is 12.0 Å². The molecule has 0 spiro atoms. The van der Waals surface area contributed by atoms with Gasteiger partial charge in [0.15, 0.2) is 0 Å². The van der Waals surface area contributed by atoms with E-state index >= 15 is 0 Å². The normalized spacial score (nSPS) is 19.4. The van der Waals surface area contributed by atoms with Crippen molar-refractivity contribution >= 4 is 24.2 Å². The average molecular weight is 298 g/mol. The summed E-state index contributed by atoms with van der Waals surface area (Å²) in [6.45, 7) is 0.558. The summed E-state index contributed by atoms with van der Waals surface area (Å²) in [6.07, 6.45) is 0.865. The standard InChI is InChI=1S/C14H19N3O2.ClH/c1-17-9-11(8-13(17)18)16-14(19)12(15)7-10-5-3-2-4-6-10;/h2-6,11-12H,7-9,15H2,1H3,(H,16,19);1H/t11?,12-;/m0./s1. The van der Waals surface area contributed by atoms with E-state index in [1.807, 2.05) is 30.3 Å². The number of carbonyl (C=O) groups excluding carboxylic acids is 2. The van der Waals surface area contributed by atoms with E-state index in [1.165, 1.54) is 0 Å². The third-order valence-electron chi connectivity index (χ3n) is 3.32. The summed E-state index contributed by atoms with van der Waals surface area (Å²) in [6, 6.07) is 8.96. The minimum absolute atomic E-state index is 0. The lowest BCUT2D eigenvalue weighted by Crippen LogP contribution is -2.47. The Kier molecular flexibility index (Phi) is 5.98. The van der Waals surface area contributed by atoms with Gasteiger partial charge in [0.1, 0.15) is 0 Å². The van der Waals surface area contributed by atoms with Crippen molar-refractivity contribution < 1.29 is 9.59 Å². The molecule has 2 rings (SSSR count). The number of nitrogens with one attached hydrogen (secondary N) is 1. The van der Waals surface area contributed by atoms with Crippen LogP contribution in [0.25, 0.3) is 0 Å². The Morgan fingerprint density at radius 3 is 2.65 bits per heavy atom. The smallest absolute Gasteiger partial charge is 0.237 e. The molecule has 20 heavy (non-hydrogen) atoms. The SMILES string of the molecule is CN1CC(NC(=O)[C@@H](N)Cc2ccccc2)CC1=O.Cl. The minimum atomic E-state index is -0.580. The quantitative estimate of drug-likeness (QED) is 0.841. The van der Waals surface area contributed by atoms with Gasteiger partial charge in [-0.1, -0.05) is 30.3 Å². The van der Waals surface area contributed by atoms with Crippen LogP contribution in [0.3, 0.4) is 0 Å². The van der Waals surface area contributed by atoms with E-state index in [0.29, 0.717) is 19.4 Å². The van der Waals surface area contributed by atoms with Crippen LogP contribution in [0.5, 0.6) is 0 Å². The third kappa shape index (κ3) is 4.21. The van der Waals surface area contributed by atoms with Crippen LogP contribution in [0.2, 0.25) is 0 Å². The Balaban J connectivity index is 0.00000200. The third-order valence-corrected chi connectivity index (χ3v) is 3.32. The Bertz CT molecular complexity index is 467. The molecule has 1 aliphatic rings. The van der Waals surface area contributed by atoms with E-state index < -0.39 is 6.04 Å². The summed E-state index contributed by atoms with van der Waals surface area (Å²) >= 11 is 0. The predicted molar refractivity (Wildman–Crippen MR) is 79.6 cm³/mol. The molecule has 0 saturated carbocycles. The highest BCUT2D eigenvalue weighted by Crippen LogP contribution is 2.09. The summed E-state index contributed by atoms with van der Waals surface area (Å²) < 4.78 is 0. The van der Waals surface area contributed by atoms with Crippen molar-refractivity contribution in [1.29, 1.82) is 0 Å². The first-order valence-electron chi connectivity index (χ1n) is 6.40. The number of likely N-dealkylation sites (tertiary alicyclic amines) is 1. The molecule has 110 valence electrons. The topological polar surface area (TPSA) is 75.4 Å². The van der Waals surface area contributed by atoms with Crippen molar-refractivity contribution in [3.8, 4) is 0 Å². The van der Waals surface area contributed by atoms with Crippen LogP contribution in [0, 0.1) is 0 Å². The maximum absolute atomic E-state index is 12.0. The van der Waals surface area contributed by atoms with Crippen LogP contribution >= 0.6 is 12.4 Å². The molecule has 0 aromatic heterocycles. The Hall–Kier alpha value is -1.59. The monoisotopic (exact) mass is 297 g/mol. The van der Waals surface area contributed by atoms with Crippen LogP contribution in [-0.4, -0.2) is 42.4 Å². The molecule has 0 radical (unpaired) electrons. The second-order valence-electron chi connectivity index (χ2n) is 4.98. The second kappa shape index (κ2) is 7.26. The molecule has 1 aromatic rings. The molecular formula is C14H20ClN3O2. The molecule has 2 atom stereocenters. The van der Waals surface area contributed by atoms with E-state index in [-0.39, 0.29) is 30.3 Å². The van der Waals surface area contributed by atoms with Gasteiger partial charge in [-0.2, -0.15) is 0 Å². The molecule has 1 aliphatic heterocycles. The number of benzene rings is 1. The summed E-state index contributed by atoms with van der Waals surface area (Å²) in [5.74, 6) is -0.140. The van der Waals surface area contributed by atoms with Gasteiger partial charge in [0, 0.05) is 20.0 Å². The molecule has 0 aliphatic carbocycles. The maximum Gasteiger partial charge on any atom is 0.237 e. The molecule has 1 saturated heterocycles. The second-order valence-corrected chi connectivity index (χ2v) is 4.98. The van der Waals surface area contributed by atoms with Gasteiger partial charge in [-0.3, -0.25) is 9.59 Å². The van der Waals surface area contributed by atoms with E-state index in [9.17, 15) is 9.59 Å². The van der Waals surface area contributed by atoms with Gasteiger partial charge < -0.3 is 16.0 Å². The van der Waals surface area contributed by atoms with Crippen molar-refractivity contribution in [3.05, 3.63) is 35.9 Å². The summed E-state index contributed by atoms with van der Waals surface area (Å²) in [4.78, 5) is 24.9. The van der Waals surface area contributed by atoms with Crippen molar-refractivity contribution in [1.82, 2.24) is 10.2 Å². The number of amides is 2. The number of hydrogen-bond donors (Lipinski definition) is 2. The number of carbonyl (C=O) groups is 2. The molecule has 0 bridgehead atoms. The van der Waals surface area contributed by atoms with Gasteiger partial charge in [0.25, 0.3) is 0 Å². The van der Waals surface area contributed by atoms with Crippen LogP contribution in [0.1, 0.15) is 12.0 Å².